The Labute approximate surface area is 125 Å². The van der Waals surface area contributed by atoms with E-state index in [1.807, 2.05) is 12.1 Å². The van der Waals surface area contributed by atoms with E-state index in [1.165, 1.54) is 23.5 Å². The van der Waals surface area contributed by atoms with E-state index in [2.05, 4.69) is 10.3 Å². The van der Waals surface area contributed by atoms with Crippen LogP contribution in [0.15, 0.2) is 36.4 Å². The van der Waals surface area contributed by atoms with Gasteiger partial charge in [0.05, 0.1) is 30.1 Å². The van der Waals surface area contributed by atoms with Gasteiger partial charge in [-0.1, -0.05) is 11.3 Å². The summed E-state index contributed by atoms with van der Waals surface area (Å²) in [6.07, 6.45) is 0. The Morgan fingerprint density at radius 3 is 2.71 bits per heavy atom. The van der Waals surface area contributed by atoms with Crippen molar-refractivity contribution in [3.63, 3.8) is 0 Å². The Morgan fingerprint density at radius 2 is 1.95 bits per heavy atom. The number of methoxy groups -OCH3 is 2. The SMILES string of the molecule is COc1ccc(Nc2nc3cc(F)ccc3s2)c(OC)c1. The number of aromatic nitrogens is 1. The van der Waals surface area contributed by atoms with Gasteiger partial charge in [0.2, 0.25) is 0 Å². The van der Waals surface area contributed by atoms with Crippen molar-refractivity contribution in [1.29, 1.82) is 0 Å². The summed E-state index contributed by atoms with van der Waals surface area (Å²) in [5, 5.41) is 3.87. The van der Waals surface area contributed by atoms with Crippen LogP contribution in [0.3, 0.4) is 0 Å². The third kappa shape index (κ3) is 2.75. The standard InChI is InChI=1S/C15H13FN2O2S/c1-19-10-4-5-11(13(8-10)20-2)17-15-18-12-7-9(16)3-6-14(12)21-15/h3-8H,1-2H3,(H,17,18). The predicted molar refractivity (Wildman–Crippen MR) is 82.4 cm³/mol. The van der Waals surface area contributed by atoms with Gasteiger partial charge in [0.15, 0.2) is 5.13 Å². The molecule has 1 heterocycles. The molecular formula is C15H13FN2O2S. The molecule has 3 aromatic rings. The van der Waals surface area contributed by atoms with Crippen LogP contribution in [0.4, 0.5) is 15.2 Å². The van der Waals surface area contributed by atoms with Crippen LogP contribution in [0.25, 0.3) is 10.2 Å². The van der Waals surface area contributed by atoms with Gasteiger partial charge in [-0.25, -0.2) is 9.37 Å². The molecule has 0 aliphatic rings. The molecule has 4 nitrogen and oxygen atoms in total. The van der Waals surface area contributed by atoms with Gasteiger partial charge < -0.3 is 14.8 Å². The van der Waals surface area contributed by atoms with E-state index >= 15 is 0 Å². The van der Waals surface area contributed by atoms with Crippen molar-refractivity contribution < 1.29 is 13.9 Å². The molecule has 0 bridgehead atoms. The molecule has 0 saturated carbocycles. The zero-order valence-corrected chi connectivity index (χ0v) is 12.3. The number of hydrogen-bond donors (Lipinski definition) is 1. The van der Waals surface area contributed by atoms with Crippen molar-refractivity contribution in [1.82, 2.24) is 4.98 Å². The van der Waals surface area contributed by atoms with Gasteiger partial charge in [0.1, 0.15) is 17.3 Å². The number of nitrogens with zero attached hydrogens (tertiary/aromatic N) is 1. The second kappa shape index (κ2) is 5.57. The highest BCUT2D eigenvalue weighted by molar-refractivity contribution is 7.22. The lowest BCUT2D eigenvalue weighted by Crippen LogP contribution is -1.95. The number of fused-ring (bicyclic) bond motifs is 1. The monoisotopic (exact) mass is 304 g/mol. The van der Waals surface area contributed by atoms with Crippen molar-refractivity contribution in [2.75, 3.05) is 19.5 Å². The highest BCUT2D eigenvalue weighted by Gasteiger charge is 2.09. The molecule has 2 aromatic carbocycles. The quantitative estimate of drug-likeness (QED) is 0.784. The number of benzene rings is 2. The fourth-order valence-corrected chi connectivity index (χ4v) is 2.83. The molecule has 3 rings (SSSR count). The smallest absolute Gasteiger partial charge is 0.188 e. The molecule has 0 amide bonds. The second-order valence-electron chi connectivity index (χ2n) is 4.32. The Balaban J connectivity index is 1.94. The van der Waals surface area contributed by atoms with Crippen LogP contribution in [-0.4, -0.2) is 19.2 Å². The van der Waals surface area contributed by atoms with Gasteiger partial charge in [-0.2, -0.15) is 0 Å². The minimum Gasteiger partial charge on any atom is -0.497 e. The predicted octanol–water partition coefficient (Wildman–Crippen LogP) is 4.20. The maximum absolute atomic E-state index is 13.2. The van der Waals surface area contributed by atoms with Crippen LogP contribution in [0.2, 0.25) is 0 Å². The Morgan fingerprint density at radius 1 is 1.10 bits per heavy atom. The first-order chi connectivity index (χ1) is 10.2. The molecule has 0 saturated heterocycles. The van der Waals surface area contributed by atoms with E-state index in [0.29, 0.717) is 22.1 Å². The van der Waals surface area contributed by atoms with E-state index in [0.717, 1.165) is 10.4 Å². The molecule has 0 spiro atoms. The van der Waals surface area contributed by atoms with Crippen molar-refractivity contribution in [3.8, 4) is 11.5 Å². The molecule has 0 fully saturated rings. The summed E-state index contributed by atoms with van der Waals surface area (Å²) in [7, 11) is 3.19. The summed E-state index contributed by atoms with van der Waals surface area (Å²) in [5.74, 6) is 1.07. The number of rotatable bonds is 4. The third-order valence-electron chi connectivity index (χ3n) is 3.00. The number of thiazole rings is 1. The van der Waals surface area contributed by atoms with Crippen molar-refractivity contribution in [2.45, 2.75) is 0 Å². The number of ether oxygens (including phenoxy) is 2. The van der Waals surface area contributed by atoms with Gasteiger partial charge in [0, 0.05) is 12.1 Å². The first kappa shape index (κ1) is 13.6. The fraction of sp³-hybridized carbons (Fsp3) is 0.133. The molecule has 6 heteroatoms. The van der Waals surface area contributed by atoms with E-state index in [-0.39, 0.29) is 5.82 Å². The number of anilines is 2. The second-order valence-corrected chi connectivity index (χ2v) is 5.35. The topological polar surface area (TPSA) is 43.4 Å². The number of halogens is 1. The van der Waals surface area contributed by atoms with Gasteiger partial charge in [0.25, 0.3) is 0 Å². The highest BCUT2D eigenvalue weighted by atomic mass is 32.1. The molecule has 0 unspecified atom stereocenters. The molecule has 1 aromatic heterocycles. The first-order valence-corrected chi connectivity index (χ1v) is 7.06. The summed E-state index contributed by atoms with van der Waals surface area (Å²) in [6.45, 7) is 0. The molecule has 0 atom stereocenters. The average Bonchev–Trinajstić information content (AvgIpc) is 2.89. The van der Waals surface area contributed by atoms with E-state index in [1.54, 1.807) is 26.4 Å². The van der Waals surface area contributed by atoms with Gasteiger partial charge in [-0.3, -0.25) is 0 Å². The summed E-state index contributed by atoms with van der Waals surface area (Å²) < 4.78 is 24.6. The van der Waals surface area contributed by atoms with Crippen molar-refractivity contribution in [3.05, 3.63) is 42.2 Å². The number of hydrogen-bond acceptors (Lipinski definition) is 5. The maximum atomic E-state index is 13.2. The van der Waals surface area contributed by atoms with Crippen molar-refractivity contribution in [2.24, 2.45) is 0 Å². The Hall–Kier alpha value is -2.34. The van der Waals surface area contributed by atoms with E-state index in [9.17, 15) is 4.39 Å². The summed E-state index contributed by atoms with van der Waals surface area (Å²) in [5.41, 5.74) is 1.41. The van der Waals surface area contributed by atoms with E-state index < -0.39 is 0 Å². The summed E-state index contributed by atoms with van der Waals surface area (Å²) in [4.78, 5) is 4.37. The van der Waals surface area contributed by atoms with E-state index in [4.69, 9.17) is 9.47 Å². The fourth-order valence-electron chi connectivity index (χ4n) is 1.97. The minimum absolute atomic E-state index is 0.290. The van der Waals surface area contributed by atoms with Crippen molar-refractivity contribution >= 4 is 32.4 Å². The van der Waals surface area contributed by atoms with Gasteiger partial charge in [-0.05, 0) is 24.3 Å². The molecule has 108 valence electrons. The zero-order chi connectivity index (χ0) is 14.8. The zero-order valence-electron chi connectivity index (χ0n) is 11.5. The normalized spacial score (nSPS) is 10.6. The average molecular weight is 304 g/mol. The summed E-state index contributed by atoms with van der Waals surface area (Å²) >= 11 is 1.45. The van der Waals surface area contributed by atoms with Crippen LogP contribution < -0.4 is 14.8 Å². The number of nitrogens with one attached hydrogen (secondary N) is 1. The first-order valence-electron chi connectivity index (χ1n) is 6.25. The summed E-state index contributed by atoms with van der Waals surface area (Å²) in [6, 6.07) is 10.0. The van der Waals surface area contributed by atoms with Crippen LogP contribution in [0, 0.1) is 5.82 Å². The Kier molecular flexibility index (Phi) is 3.62. The maximum Gasteiger partial charge on any atom is 0.188 e. The van der Waals surface area contributed by atoms with Gasteiger partial charge >= 0.3 is 0 Å². The third-order valence-corrected chi connectivity index (χ3v) is 3.95. The van der Waals surface area contributed by atoms with Crippen LogP contribution in [-0.2, 0) is 0 Å². The molecule has 0 aliphatic carbocycles. The molecular weight excluding hydrogens is 291 g/mol. The highest BCUT2D eigenvalue weighted by Crippen LogP contribution is 2.34. The van der Waals surface area contributed by atoms with Gasteiger partial charge in [-0.15, -0.1) is 0 Å². The molecule has 21 heavy (non-hydrogen) atoms. The largest absolute Gasteiger partial charge is 0.497 e. The molecule has 0 radical (unpaired) electrons. The lowest BCUT2D eigenvalue weighted by molar-refractivity contribution is 0.395. The Bertz CT molecular complexity index is 788. The molecule has 0 aliphatic heterocycles. The van der Waals surface area contributed by atoms with Crippen LogP contribution in [0.1, 0.15) is 0 Å². The van der Waals surface area contributed by atoms with Crippen LogP contribution >= 0.6 is 11.3 Å². The lowest BCUT2D eigenvalue weighted by Gasteiger charge is -2.10. The minimum atomic E-state index is -0.290. The van der Waals surface area contributed by atoms with Crippen LogP contribution in [0.5, 0.6) is 11.5 Å². The molecule has 1 N–H and O–H groups in total. The lowest BCUT2D eigenvalue weighted by atomic mass is 10.3.